The maximum atomic E-state index is 5.78. The van der Waals surface area contributed by atoms with Crippen LogP contribution in [0, 0.1) is 24.2 Å². The Morgan fingerprint density at radius 3 is 2.20 bits per heavy atom. The number of ether oxygens (including phenoxy) is 2. The monoisotopic (exact) mass is 274 g/mol. The molecule has 0 saturated carbocycles. The van der Waals surface area contributed by atoms with Crippen molar-refractivity contribution in [3.8, 4) is 23.8 Å². The van der Waals surface area contributed by atoms with Gasteiger partial charge in [0.2, 0.25) is 0 Å². The van der Waals surface area contributed by atoms with Crippen molar-refractivity contribution in [1.82, 2.24) is 0 Å². The predicted octanol–water partition coefficient (Wildman–Crippen LogP) is 4.52. The Labute approximate surface area is 123 Å². The van der Waals surface area contributed by atoms with E-state index in [2.05, 4.69) is 33.6 Å². The molecule has 2 atom stereocenters. The lowest BCUT2D eigenvalue weighted by Crippen LogP contribution is -2.09. The van der Waals surface area contributed by atoms with Crippen molar-refractivity contribution in [3.05, 3.63) is 23.8 Å². The molecule has 0 aliphatic rings. The van der Waals surface area contributed by atoms with Crippen LogP contribution in [0.5, 0.6) is 11.5 Å². The molecule has 1 aromatic rings. The topological polar surface area (TPSA) is 18.5 Å². The van der Waals surface area contributed by atoms with Crippen molar-refractivity contribution in [2.45, 2.75) is 40.5 Å². The fourth-order valence-electron chi connectivity index (χ4n) is 1.54. The Bertz CT molecular complexity index is 445. The minimum Gasteiger partial charge on any atom is -0.493 e. The lowest BCUT2D eigenvalue weighted by molar-refractivity contribution is 0.249. The van der Waals surface area contributed by atoms with Gasteiger partial charge in [-0.2, -0.15) is 0 Å². The molecule has 0 amide bonds. The van der Waals surface area contributed by atoms with E-state index in [-0.39, 0.29) is 0 Å². The first-order valence-electron chi connectivity index (χ1n) is 7.46. The standard InChI is InChI=1S/C18H26O2/c1-6-14(4)12-19-17-9-10-18(16(8-3)11-17)20-13-15(5)7-2/h3,9-11,14-15H,6-7,12-13H2,1-2,4-5H3/t14-,15-/m0/s1. The molecule has 1 aromatic carbocycles. The Morgan fingerprint density at radius 2 is 1.65 bits per heavy atom. The van der Waals surface area contributed by atoms with Gasteiger partial charge in [-0.25, -0.2) is 0 Å². The van der Waals surface area contributed by atoms with E-state index in [1.807, 2.05) is 18.2 Å². The molecule has 0 spiro atoms. The van der Waals surface area contributed by atoms with Crippen molar-refractivity contribution in [2.75, 3.05) is 13.2 Å². The molecule has 0 fully saturated rings. The fourth-order valence-corrected chi connectivity index (χ4v) is 1.54. The van der Waals surface area contributed by atoms with Gasteiger partial charge in [-0.05, 0) is 30.0 Å². The van der Waals surface area contributed by atoms with Crippen molar-refractivity contribution < 1.29 is 9.47 Å². The van der Waals surface area contributed by atoms with Crippen LogP contribution in [0.4, 0.5) is 0 Å². The summed E-state index contributed by atoms with van der Waals surface area (Å²) in [5.74, 6) is 5.33. The van der Waals surface area contributed by atoms with Gasteiger partial charge < -0.3 is 9.47 Å². The van der Waals surface area contributed by atoms with Gasteiger partial charge in [0, 0.05) is 0 Å². The molecule has 0 aliphatic heterocycles. The van der Waals surface area contributed by atoms with Crippen LogP contribution in [0.3, 0.4) is 0 Å². The summed E-state index contributed by atoms with van der Waals surface area (Å²) >= 11 is 0. The highest BCUT2D eigenvalue weighted by Crippen LogP contribution is 2.24. The van der Waals surface area contributed by atoms with Crippen LogP contribution in [0.25, 0.3) is 0 Å². The second kappa shape index (κ2) is 8.53. The highest BCUT2D eigenvalue weighted by molar-refractivity contribution is 5.49. The Kier molecular flexibility index (Phi) is 7.01. The zero-order valence-corrected chi connectivity index (χ0v) is 13.1. The van der Waals surface area contributed by atoms with Crippen molar-refractivity contribution in [1.29, 1.82) is 0 Å². The van der Waals surface area contributed by atoms with Gasteiger partial charge in [0.25, 0.3) is 0 Å². The molecule has 0 aliphatic carbocycles. The molecule has 0 saturated heterocycles. The first-order valence-corrected chi connectivity index (χ1v) is 7.46. The number of hydrogen-bond donors (Lipinski definition) is 0. The Balaban J connectivity index is 2.68. The van der Waals surface area contributed by atoms with Crippen molar-refractivity contribution in [3.63, 3.8) is 0 Å². The van der Waals surface area contributed by atoms with Gasteiger partial charge in [-0.3, -0.25) is 0 Å². The van der Waals surface area contributed by atoms with E-state index in [0.29, 0.717) is 25.0 Å². The molecule has 110 valence electrons. The van der Waals surface area contributed by atoms with E-state index in [1.54, 1.807) is 0 Å². The minimum absolute atomic E-state index is 0.530. The molecule has 0 bridgehead atoms. The van der Waals surface area contributed by atoms with Gasteiger partial charge in [-0.15, -0.1) is 6.42 Å². The maximum absolute atomic E-state index is 5.78. The smallest absolute Gasteiger partial charge is 0.135 e. The van der Waals surface area contributed by atoms with Crippen LogP contribution in [0.1, 0.15) is 46.1 Å². The van der Waals surface area contributed by atoms with Crippen molar-refractivity contribution >= 4 is 0 Å². The summed E-state index contributed by atoms with van der Waals surface area (Å²) in [6.07, 6.45) is 7.76. The zero-order valence-electron chi connectivity index (χ0n) is 13.1. The summed E-state index contributed by atoms with van der Waals surface area (Å²) in [4.78, 5) is 0. The van der Waals surface area contributed by atoms with E-state index >= 15 is 0 Å². The largest absolute Gasteiger partial charge is 0.493 e. The van der Waals surface area contributed by atoms with Crippen LogP contribution < -0.4 is 9.47 Å². The maximum Gasteiger partial charge on any atom is 0.135 e. The van der Waals surface area contributed by atoms with E-state index in [1.165, 1.54) is 0 Å². The number of terminal acetylenes is 1. The SMILES string of the molecule is C#Cc1cc(OC[C@@H](C)CC)ccc1OC[C@@H](C)CC. The Hall–Kier alpha value is -1.62. The van der Waals surface area contributed by atoms with E-state index in [0.717, 1.165) is 29.9 Å². The molecule has 20 heavy (non-hydrogen) atoms. The molecule has 0 heterocycles. The van der Waals surface area contributed by atoms with Gasteiger partial charge in [0.15, 0.2) is 0 Å². The van der Waals surface area contributed by atoms with Crippen LogP contribution in [0.2, 0.25) is 0 Å². The first kappa shape index (κ1) is 16.4. The molecular formula is C18H26O2. The van der Waals surface area contributed by atoms with E-state index in [4.69, 9.17) is 15.9 Å². The second-order valence-electron chi connectivity index (χ2n) is 5.45. The van der Waals surface area contributed by atoms with Gasteiger partial charge in [-0.1, -0.05) is 46.5 Å². The van der Waals surface area contributed by atoms with Crippen molar-refractivity contribution in [2.24, 2.45) is 11.8 Å². The second-order valence-corrected chi connectivity index (χ2v) is 5.45. The van der Waals surface area contributed by atoms with E-state index < -0.39 is 0 Å². The molecule has 2 nitrogen and oxygen atoms in total. The summed E-state index contributed by atoms with van der Waals surface area (Å²) in [5.41, 5.74) is 0.759. The first-order chi connectivity index (χ1) is 9.60. The minimum atomic E-state index is 0.530. The molecular weight excluding hydrogens is 248 g/mol. The summed E-state index contributed by atoms with van der Waals surface area (Å²) < 4.78 is 11.5. The molecule has 1 rings (SSSR count). The highest BCUT2D eigenvalue weighted by Gasteiger charge is 2.07. The summed E-state index contributed by atoms with van der Waals surface area (Å²) in [6.45, 7) is 10.1. The molecule has 2 heteroatoms. The number of benzene rings is 1. The summed E-state index contributed by atoms with van der Waals surface area (Å²) in [6, 6.07) is 5.72. The van der Waals surface area contributed by atoms with E-state index in [9.17, 15) is 0 Å². The number of rotatable bonds is 8. The van der Waals surface area contributed by atoms with Crippen LogP contribution in [-0.2, 0) is 0 Å². The summed E-state index contributed by atoms with van der Waals surface area (Å²) in [5, 5.41) is 0. The van der Waals surface area contributed by atoms with Gasteiger partial charge >= 0.3 is 0 Å². The third kappa shape index (κ3) is 5.17. The molecule has 0 N–H and O–H groups in total. The third-order valence-electron chi connectivity index (χ3n) is 3.56. The van der Waals surface area contributed by atoms with Gasteiger partial charge in [0.05, 0.1) is 18.8 Å². The average molecular weight is 274 g/mol. The highest BCUT2D eigenvalue weighted by atomic mass is 16.5. The fraction of sp³-hybridized carbons (Fsp3) is 0.556. The zero-order chi connectivity index (χ0) is 15.0. The third-order valence-corrected chi connectivity index (χ3v) is 3.56. The predicted molar refractivity (Wildman–Crippen MR) is 84.3 cm³/mol. The van der Waals surface area contributed by atoms with Crippen LogP contribution in [0.15, 0.2) is 18.2 Å². The number of hydrogen-bond acceptors (Lipinski definition) is 2. The average Bonchev–Trinajstić information content (AvgIpc) is 2.50. The quantitative estimate of drug-likeness (QED) is 0.649. The van der Waals surface area contributed by atoms with Crippen LogP contribution in [-0.4, -0.2) is 13.2 Å². The molecule has 0 radical (unpaired) electrons. The summed E-state index contributed by atoms with van der Waals surface area (Å²) in [7, 11) is 0. The lowest BCUT2D eigenvalue weighted by Gasteiger charge is -2.15. The van der Waals surface area contributed by atoms with Crippen LogP contribution >= 0.6 is 0 Å². The normalized spacial score (nSPS) is 13.3. The molecule has 0 unspecified atom stereocenters. The van der Waals surface area contributed by atoms with Gasteiger partial charge in [0.1, 0.15) is 11.5 Å². The lowest BCUT2D eigenvalue weighted by atomic mass is 10.1. The Morgan fingerprint density at radius 1 is 1.05 bits per heavy atom. The molecule has 0 aromatic heterocycles.